The van der Waals surface area contributed by atoms with Crippen molar-refractivity contribution in [1.82, 2.24) is 4.90 Å². The van der Waals surface area contributed by atoms with Gasteiger partial charge in [-0.25, -0.2) is 12.8 Å². The molecule has 3 aromatic carbocycles. The summed E-state index contributed by atoms with van der Waals surface area (Å²) in [6, 6.07) is 18.8. The smallest absolute Gasteiger partial charge is 0.261 e. The average Bonchev–Trinajstić information content (AvgIpc) is 2.68. The van der Waals surface area contributed by atoms with E-state index in [9.17, 15) is 17.6 Å². The Morgan fingerprint density at radius 3 is 2.28 bits per heavy atom. The molecule has 0 aromatic heterocycles. The van der Waals surface area contributed by atoms with Crippen LogP contribution in [0, 0.1) is 12.7 Å². The average molecular weight is 412 g/mol. The second-order valence-electron chi connectivity index (χ2n) is 6.79. The lowest BCUT2D eigenvalue weighted by Crippen LogP contribution is -2.26. The Hall–Kier alpha value is -3.19. The molecule has 0 saturated heterocycles. The second kappa shape index (κ2) is 8.45. The molecule has 0 atom stereocenters. The molecule has 0 radical (unpaired) electrons. The molecule has 150 valence electrons. The number of sulfonamides is 1. The standard InChI is InChI=1S/C22H21FN2O3S/c1-16-6-12-21(13-7-16)29(27,28)24-20-10-8-18(9-11-20)22(26)25(2)15-17-4-3-5-19(23)14-17/h3-14,24H,15H2,1-2H3. The van der Waals surface area contributed by atoms with Crippen LogP contribution in [0.4, 0.5) is 10.1 Å². The van der Waals surface area contributed by atoms with Crippen molar-refractivity contribution < 1.29 is 17.6 Å². The SMILES string of the molecule is Cc1ccc(S(=O)(=O)Nc2ccc(C(=O)N(C)Cc3cccc(F)c3)cc2)cc1. The normalized spacial score (nSPS) is 11.1. The van der Waals surface area contributed by atoms with Crippen LogP contribution in [0.25, 0.3) is 0 Å². The minimum Gasteiger partial charge on any atom is -0.337 e. The van der Waals surface area contributed by atoms with Crippen LogP contribution in [0.5, 0.6) is 0 Å². The number of benzene rings is 3. The molecule has 0 aliphatic carbocycles. The van der Waals surface area contributed by atoms with E-state index in [2.05, 4.69) is 4.72 Å². The molecule has 1 amide bonds. The number of anilines is 1. The lowest BCUT2D eigenvalue weighted by atomic mass is 10.1. The van der Waals surface area contributed by atoms with E-state index < -0.39 is 10.0 Å². The highest BCUT2D eigenvalue weighted by atomic mass is 32.2. The third-order valence-electron chi connectivity index (χ3n) is 4.37. The van der Waals surface area contributed by atoms with Crippen molar-refractivity contribution in [2.24, 2.45) is 0 Å². The Morgan fingerprint density at radius 2 is 1.66 bits per heavy atom. The largest absolute Gasteiger partial charge is 0.337 e. The summed E-state index contributed by atoms with van der Waals surface area (Å²) in [5, 5.41) is 0. The van der Waals surface area contributed by atoms with E-state index in [0.29, 0.717) is 16.8 Å². The summed E-state index contributed by atoms with van der Waals surface area (Å²) < 4.78 is 40.7. The third kappa shape index (κ3) is 5.20. The van der Waals surface area contributed by atoms with Crippen molar-refractivity contribution in [1.29, 1.82) is 0 Å². The molecule has 7 heteroatoms. The zero-order valence-electron chi connectivity index (χ0n) is 16.1. The van der Waals surface area contributed by atoms with E-state index in [4.69, 9.17) is 0 Å². The molecule has 0 bridgehead atoms. The number of aryl methyl sites for hydroxylation is 1. The number of carbonyl (C=O) groups is 1. The fourth-order valence-electron chi connectivity index (χ4n) is 2.81. The van der Waals surface area contributed by atoms with Gasteiger partial charge in [-0.15, -0.1) is 0 Å². The first-order valence-corrected chi connectivity index (χ1v) is 10.4. The maximum absolute atomic E-state index is 13.3. The Kier molecular flexibility index (Phi) is 5.98. The molecule has 1 N–H and O–H groups in total. The monoisotopic (exact) mass is 412 g/mol. The van der Waals surface area contributed by atoms with Gasteiger partial charge in [-0.2, -0.15) is 0 Å². The molecular weight excluding hydrogens is 391 g/mol. The summed E-state index contributed by atoms with van der Waals surface area (Å²) in [6.45, 7) is 2.14. The van der Waals surface area contributed by atoms with Crippen molar-refractivity contribution in [2.45, 2.75) is 18.4 Å². The fraction of sp³-hybridized carbons (Fsp3) is 0.136. The minimum absolute atomic E-state index is 0.165. The molecule has 29 heavy (non-hydrogen) atoms. The number of amides is 1. The molecule has 0 saturated carbocycles. The maximum Gasteiger partial charge on any atom is 0.261 e. The molecule has 3 aromatic rings. The highest BCUT2D eigenvalue weighted by Gasteiger charge is 2.16. The zero-order chi connectivity index (χ0) is 21.0. The first-order valence-electron chi connectivity index (χ1n) is 8.94. The molecule has 0 spiro atoms. The lowest BCUT2D eigenvalue weighted by Gasteiger charge is -2.17. The van der Waals surface area contributed by atoms with Gasteiger partial charge in [0.25, 0.3) is 15.9 Å². The number of nitrogens with one attached hydrogen (secondary N) is 1. The highest BCUT2D eigenvalue weighted by molar-refractivity contribution is 7.92. The molecule has 0 aliphatic rings. The Labute approximate surface area is 169 Å². The molecular formula is C22H21FN2O3S. The molecule has 0 aliphatic heterocycles. The summed E-state index contributed by atoms with van der Waals surface area (Å²) in [5.74, 6) is -0.601. The van der Waals surface area contributed by atoms with Crippen LogP contribution in [0.1, 0.15) is 21.5 Å². The van der Waals surface area contributed by atoms with Crippen LogP contribution in [-0.4, -0.2) is 26.3 Å². The van der Waals surface area contributed by atoms with Crippen LogP contribution in [-0.2, 0) is 16.6 Å². The van der Waals surface area contributed by atoms with Crippen molar-refractivity contribution >= 4 is 21.6 Å². The van der Waals surface area contributed by atoms with Crippen LogP contribution in [0.2, 0.25) is 0 Å². The van der Waals surface area contributed by atoms with E-state index in [-0.39, 0.29) is 23.2 Å². The quantitative estimate of drug-likeness (QED) is 0.660. The van der Waals surface area contributed by atoms with E-state index in [1.54, 1.807) is 43.4 Å². The van der Waals surface area contributed by atoms with Gasteiger partial charge in [-0.1, -0.05) is 29.8 Å². The van der Waals surface area contributed by atoms with Gasteiger partial charge < -0.3 is 4.90 Å². The van der Waals surface area contributed by atoms with Crippen LogP contribution >= 0.6 is 0 Å². The van der Waals surface area contributed by atoms with Gasteiger partial charge in [0.05, 0.1) is 4.90 Å². The van der Waals surface area contributed by atoms with E-state index in [1.165, 1.54) is 41.3 Å². The number of nitrogens with zero attached hydrogens (tertiary/aromatic N) is 1. The number of hydrogen-bond donors (Lipinski definition) is 1. The Morgan fingerprint density at radius 1 is 1.00 bits per heavy atom. The summed E-state index contributed by atoms with van der Waals surface area (Å²) in [7, 11) is -2.08. The zero-order valence-corrected chi connectivity index (χ0v) is 16.9. The molecule has 0 fully saturated rings. The maximum atomic E-state index is 13.3. The molecule has 0 heterocycles. The predicted molar refractivity (Wildman–Crippen MR) is 111 cm³/mol. The number of rotatable bonds is 6. The van der Waals surface area contributed by atoms with Crippen molar-refractivity contribution in [3.05, 3.63) is 95.3 Å². The summed E-state index contributed by atoms with van der Waals surface area (Å²) in [4.78, 5) is 14.2. The Bertz CT molecular complexity index is 1110. The third-order valence-corrected chi connectivity index (χ3v) is 5.77. The van der Waals surface area contributed by atoms with Crippen LogP contribution in [0.3, 0.4) is 0 Å². The van der Waals surface area contributed by atoms with Gasteiger partial charge in [-0.3, -0.25) is 9.52 Å². The van der Waals surface area contributed by atoms with Crippen LogP contribution < -0.4 is 4.72 Å². The molecule has 5 nitrogen and oxygen atoms in total. The van der Waals surface area contributed by atoms with Gasteiger partial charge >= 0.3 is 0 Å². The predicted octanol–water partition coefficient (Wildman–Crippen LogP) is 4.21. The van der Waals surface area contributed by atoms with Crippen molar-refractivity contribution in [3.8, 4) is 0 Å². The summed E-state index contributed by atoms with van der Waals surface area (Å²) in [6.07, 6.45) is 0. The molecule has 0 unspecified atom stereocenters. The van der Waals surface area contributed by atoms with E-state index in [0.717, 1.165) is 5.56 Å². The lowest BCUT2D eigenvalue weighted by molar-refractivity contribution is 0.0785. The van der Waals surface area contributed by atoms with E-state index in [1.807, 2.05) is 6.92 Å². The number of carbonyl (C=O) groups excluding carboxylic acids is 1. The summed E-state index contributed by atoms with van der Waals surface area (Å²) in [5.41, 5.74) is 2.41. The van der Waals surface area contributed by atoms with Gasteiger partial charge in [0.15, 0.2) is 0 Å². The van der Waals surface area contributed by atoms with Gasteiger partial charge in [0.1, 0.15) is 5.82 Å². The minimum atomic E-state index is -3.71. The van der Waals surface area contributed by atoms with Crippen LogP contribution in [0.15, 0.2) is 77.7 Å². The van der Waals surface area contributed by atoms with Gasteiger partial charge in [0.2, 0.25) is 0 Å². The number of hydrogen-bond acceptors (Lipinski definition) is 3. The second-order valence-corrected chi connectivity index (χ2v) is 8.47. The van der Waals surface area contributed by atoms with Crippen molar-refractivity contribution in [2.75, 3.05) is 11.8 Å². The first-order chi connectivity index (χ1) is 13.7. The molecule has 3 rings (SSSR count). The Balaban J connectivity index is 1.69. The fourth-order valence-corrected chi connectivity index (χ4v) is 3.87. The van der Waals surface area contributed by atoms with Gasteiger partial charge in [0, 0.05) is 24.8 Å². The highest BCUT2D eigenvalue weighted by Crippen LogP contribution is 2.18. The number of halogens is 1. The topological polar surface area (TPSA) is 66.5 Å². The summed E-state index contributed by atoms with van der Waals surface area (Å²) >= 11 is 0. The van der Waals surface area contributed by atoms with Crippen molar-refractivity contribution in [3.63, 3.8) is 0 Å². The van der Waals surface area contributed by atoms with E-state index >= 15 is 0 Å². The van der Waals surface area contributed by atoms with Gasteiger partial charge in [-0.05, 0) is 61.0 Å². The first kappa shape index (κ1) is 20.5.